The average Bonchev–Trinajstić information content (AvgIpc) is 2.58. The number of halogens is 1. The molecule has 2 rings (SSSR count). The monoisotopic (exact) mass is 225 g/mol. The lowest BCUT2D eigenvalue weighted by Crippen LogP contribution is -2.29. The van der Waals surface area contributed by atoms with Crippen molar-refractivity contribution in [3.63, 3.8) is 0 Å². The molecule has 1 aromatic carbocycles. The van der Waals surface area contributed by atoms with Gasteiger partial charge < -0.3 is 9.47 Å². The summed E-state index contributed by atoms with van der Waals surface area (Å²) in [6.07, 6.45) is -0.825. The lowest BCUT2D eigenvalue weighted by Gasteiger charge is -2.14. The van der Waals surface area contributed by atoms with E-state index in [1.165, 1.54) is 19.2 Å². The quantitative estimate of drug-likeness (QED) is 0.761. The Morgan fingerprint density at radius 2 is 2.19 bits per heavy atom. The lowest BCUT2D eigenvalue weighted by molar-refractivity contribution is -0.117. The van der Waals surface area contributed by atoms with Gasteiger partial charge in [0, 0.05) is 6.07 Å². The zero-order valence-corrected chi connectivity index (χ0v) is 8.40. The molecule has 1 aliphatic heterocycles. The van der Waals surface area contributed by atoms with Crippen LogP contribution in [0.15, 0.2) is 18.2 Å². The van der Waals surface area contributed by atoms with Crippen molar-refractivity contribution in [1.29, 1.82) is 0 Å². The number of nitrogens with zero attached hydrogens (tertiary/aromatic N) is 1. The maximum absolute atomic E-state index is 13.0. The Kier molecular flexibility index (Phi) is 2.47. The Bertz CT molecular complexity index is 444. The fourth-order valence-corrected chi connectivity index (χ4v) is 1.42. The number of benzene rings is 1. The van der Waals surface area contributed by atoms with Crippen LogP contribution in [0.1, 0.15) is 0 Å². The number of rotatable bonds is 2. The van der Waals surface area contributed by atoms with E-state index in [9.17, 15) is 14.0 Å². The highest BCUT2D eigenvalue weighted by Crippen LogP contribution is 2.31. The first-order valence-corrected chi connectivity index (χ1v) is 4.46. The van der Waals surface area contributed by atoms with Crippen LogP contribution in [0.25, 0.3) is 0 Å². The van der Waals surface area contributed by atoms with Gasteiger partial charge in [-0.25, -0.2) is 14.1 Å². The van der Waals surface area contributed by atoms with Crippen molar-refractivity contribution in [3.8, 4) is 5.75 Å². The maximum Gasteiger partial charge on any atom is 0.421 e. The van der Waals surface area contributed by atoms with Gasteiger partial charge in [0.15, 0.2) is 6.61 Å². The second kappa shape index (κ2) is 3.80. The zero-order chi connectivity index (χ0) is 11.7. The highest BCUT2D eigenvalue weighted by atomic mass is 19.1. The van der Waals surface area contributed by atoms with Gasteiger partial charge in [-0.2, -0.15) is 0 Å². The van der Waals surface area contributed by atoms with Crippen LogP contribution in [0, 0.1) is 5.82 Å². The summed E-state index contributed by atoms with van der Waals surface area (Å²) in [5.41, 5.74) is 0.0509. The Hall–Kier alpha value is -2.11. The molecule has 0 aliphatic carbocycles. The highest BCUT2D eigenvalue weighted by Gasteiger charge is 2.34. The molecule has 0 N–H and O–H groups in total. The summed E-state index contributed by atoms with van der Waals surface area (Å²) in [6, 6.07) is 3.56. The molecule has 5 nitrogen and oxygen atoms in total. The molecule has 0 atom stereocenters. The topological polar surface area (TPSA) is 55.8 Å². The van der Waals surface area contributed by atoms with E-state index in [4.69, 9.17) is 4.74 Å². The number of anilines is 1. The van der Waals surface area contributed by atoms with E-state index < -0.39 is 17.8 Å². The van der Waals surface area contributed by atoms with E-state index in [2.05, 4.69) is 4.74 Å². The molecule has 0 spiro atoms. The highest BCUT2D eigenvalue weighted by molar-refractivity contribution is 6.17. The van der Waals surface area contributed by atoms with Crippen molar-refractivity contribution in [2.45, 2.75) is 0 Å². The molecule has 6 heteroatoms. The van der Waals surface area contributed by atoms with Gasteiger partial charge in [0.05, 0.1) is 7.11 Å². The van der Waals surface area contributed by atoms with E-state index in [0.29, 0.717) is 0 Å². The Labute approximate surface area is 90.4 Å². The van der Waals surface area contributed by atoms with E-state index in [0.717, 1.165) is 11.0 Å². The van der Waals surface area contributed by atoms with Gasteiger partial charge in [-0.3, -0.25) is 4.79 Å². The van der Waals surface area contributed by atoms with Crippen LogP contribution in [0.4, 0.5) is 14.9 Å². The number of hydrogen-bond donors (Lipinski definition) is 0. The van der Waals surface area contributed by atoms with Crippen LogP contribution >= 0.6 is 0 Å². The number of carbonyl (C=O) groups excluding carboxylic acids is 2. The third-order valence-corrected chi connectivity index (χ3v) is 2.13. The first kappa shape index (κ1) is 10.4. The molecular weight excluding hydrogens is 217 g/mol. The molecule has 1 saturated heterocycles. The average molecular weight is 225 g/mol. The second-order valence-corrected chi connectivity index (χ2v) is 3.10. The number of methoxy groups -OCH3 is 1. The molecule has 1 aliphatic rings. The predicted octanol–water partition coefficient (Wildman–Crippen LogP) is 1.32. The summed E-state index contributed by atoms with van der Waals surface area (Å²) in [6.45, 7) is -0.335. The predicted molar refractivity (Wildman–Crippen MR) is 51.8 cm³/mol. The minimum Gasteiger partial charge on any atom is -0.495 e. The molecule has 1 heterocycles. The van der Waals surface area contributed by atoms with E-state index in [-0.39, 0.29) is 18.0 Å². The summed E-state index contributed by atoms with van der Waals surface area (Å²) < 4.78 is 22.5. The fraction of sp³-hybridized carbons (Fsp3) is 0.200. The van der Waals surface area contributed by atoms with Gasteiger partial charge in [-0.1, -0.05) is 0 Å². The van der Waals surface area contributed by atoms with Gasteiger partial charge in [0.25, 0.3) is 5.91 Å². The number of ether oxygens (including phenoxy) is 2. The Morgan fingerprint density at radius 1 is 1.44 bits per heavy atom. The first-order chi connectivity index (χ1) is 7.63. The van der Waals surface area contributed by atoms with Crippen molar-refractivity contribution < 1.29 is 23.5 Å². The largest absolute Gasteiger partial charge is 0.495 e. The fourth-order valence-electron chi connectivity index (χ4n) is 1.42. The van der Waals surface area contributed by atoms with Crippen molar-refractivity contribution in [2.75, 3.05) is 18.6 Å². The number of carbonyl (C=O) groups is 2. The SMILES string of the molecule is COc1ccc(F)cc1N1C(=O)COC1=O. The Morgan fingerprint density at radius 3 is 2.75 bits per heavy atom. The van der Waals surface area contributed by atoms with Crippen molar-refractivity contribution in [1.82, 2.24) is 0 Å². The number of imide groups is 1. The molecule has 84 valence electrons. The number of hydrogen-bond acceptors (Lipinski definition) is 4. The lowest BCUT2D eigenvalue weighted by atomic mass is 10.2. The minimum atomic E-state index is -0.825. The van der Waals surface area contributed by atoms with Crippen LogP contribution in [0.2, 0.25) is 0 Å². The third kappa shape index (κ3) is 1.58. The van der Waals surface area contributed by atoms with Crippen molar-refractivity contribution in [2.24, 2.45) is 0 Å². The van der Waals surface area contributed by atoms with Gasteiger partial charge in [0.1, 0.15) is 17.3 Å². The van der Waals surface area contributed by atoms with Crippen LogP contribution in [0.3, 0.4) is 0 Å². The van der Waals surface area contributed by atoms with E-state index >= 15 is 0 Å². The number of cyclic esters (lactones) is 1. The third-order valence-electron chi connectivity index (χ3n) is 2.13. The Balaban J connectivity index is 2.49. The van der Waals surface area contributed by atoms with Gasteiger partial charge >= 0.3 is 6.09 Å². The molecule has 16 heavy (non-hydrogen) atoms. The van der Waals surface area contributed by atoms with Crippen LogP contribution in [-0.4, -0.2) is 25.7 Å². The van der Waals surface area contributed by atoms with E-state index in [1.807, 2.05) is 0 Å². The summed E-state index contributed by atoms with van der Waals surface area (Å²) in [4.78, 5) is 23.4. The summed E-state index contributed by atoms with van der Waals surface area (Å²) in [5.74, 6) is -0.884. The second-order valence-electron chi connectivity index (χ2n) is 3.10. The molecule has 0 bridgehead atoms. The molecule has 0 unspecified atom stereocenters. The van der Waals surface area contributed by atoms with Gasteiger partial charge in [-0.15, -0.1) is 0 Å². The van der Waals surface area contributed by atoms with Crippen molar-refractivity contribution in [3.05, 3.63) is 24.0 Å². The van der Waals surface area contributed by atoms with Crippen LogP contribution < -0.4 is 9.64 Å². The molecule has 1 aromatic rings. The molecule has 0 saturated carbocycles. The van der Waals surface area contributed by atoms with Gasteiger partial charge in [0.2, 0.25) is 0 Å². The van der Waals surface area contributed by atoms with E-state index in [1.54, 1.807) is 0 Å². The van der Waals surface area contributed by atoms with Crippen molar-refractivity contribution >= 4 is 17.7 Å². The molecular formula is C10H8FNO4. The molecule has 2 amide bonds. The summed E-state index contributed by atoms with van der Waals surface area (Å²) >= 11 is 0. The van der Waals surface area contributed by atoms with Gasteiger partial charge in [-0.05, 0) is 12.1 Å². The smallest absolute Gasteiger partial charge is 0.421 e. The summed E-state index contributed by atoms with van der Waals surface area (Å²) in [7, 11) is 1.36. The zero-order valence-electron chi connectivity index (χ0n) is 8.40. The standard InChI is InChI=1S/C10H8FNO4/c1-15-8-3-2-6(11)4-7(8)12-9(13)5-16-10(12)14/h2-4H,5H2,1H3. The summed E-state index contributed by atoms with van der Waals surface area (Å²) in [5, 5.41) is 0. The normalized spacial score (nSPS) is 15.2. The molecule has 1 fully saturated rings. The number of amides is 2. The first-order valence-electron chi connectivity index (χ1n) is 4.46. The minimum absolute atomic E-state index is 0.0509. The molecule has 0 aromatic heterocycles. The maximum atomic E-state index is 13.0. The van der Waals surface area contributed by atoms with Crippen LogP contribution in [-0.2, 0) is 9.53 Å². The van der Waals surface area contributed by atoms with Crippen LogP contribution in [0.5, 0.6) is 5.75 Å². The molecule has 0 radical (unpaired) electrons.